The number of rotatable bonds is 5. The number of carbonyl (C=O) groups is 2. The number of piperidine rings is 1. The van der Waals surface area contributed by atoms with Crippen molar-refractivity contribution in [1.82, 2.24) is 0 Å². The first-order chi connectivity index (χ1) is 14.3. The number of hydrogen-bond acceptors (Lipinski definition) is 3. The number of hydrogen-bond donors (Lipinski definition) is 0. The SMILES string of the molecule is COC(=O)/C=C/c1cc(Cl)c(N2CC(Cc3ccc(F)cc3F)CCC2=O)c(Cl)c1. The molecule has 8 heteroatoms. The van der Waals surface area contributed by atoms with Crippen molar-refractivity contribution < 1.29 is 23.1 Å². The monoisotopic (exact) mass is 453 g/mol. The number of methoxy groups -OCH3 is 1. The molecule has 1 atom stereocenters. The quantitative estimate of drug-likeness (QED) is 0.446. The molecular formula is C22H19Cl2F2NO3. The predicted molar refractivity (Wildman–Crippen MR) is 113 cm³/mol. The third kappa shape index (κ3) is 5.18. The van der Waals surface area contributed by atoms with Gasteiger partial charge in [-0.05, 0) is 54.2 Å². The molecule has 1 aliphatic rings. The summed E-state index contributed by atoms with van der Waals surface area (Å²) in [6, 6.07) is 6.69. The lowest BCUT2D eigenvalue weighted by Gasteiger charge is -2.34. The number of amides is 1. The normalized spacial score (nSPS) is 16.9. The highest BCUT2D eigenvalue weighted by atomic mass is 35.5. The van der Waals surface area contributed by atoms with Gasteiger partial charge in [0, 0.05) is 25.1 Å². The molecule has 0 N–H and O–H groups in total. The van der Waals surface area contributed by atoms with Crippen LogP contribution in [0, 0.1) is 17.6 Å². The Morgan fingerprint density at radius 2 is 1.93 bits per heavy atom. The molecule has 0 aromatic heterocycles. The highest BCUT2D eigenvalue weighted by Gasteiger charge is 2.30. The summed E-state index contributed by atoms with van der Waals surface area (Å²) in [5.41, 5.74) is 1.35. The molecule has 4 nitrogen and oxygen atoms in total. The number of anilines is 1. The van der Waals surface area contributed by atoms with Gasteiger partial charge in [0.2, 0.25) is 5.91 Å². The Bertz CT molecular complexity index is 987. The molecule has 30 heavy (non-hydrogen) atoms. The molecular weight excluding hydrogens is 435 g/mol. The van der Waals surface area contributed by atoms with Crippen molar-refractivity contribution in [3.8, 4) is 0 Å². The largest absolute Gasteiger partial charge is 0.466 e. The van der Waals surface area contributed by atoms with Gasteiger partial charge < -0.3 is 9.64 Å². The lowest BCUT2D eigenvalue weighted by atomic mass is 9.90. The van der Waals surface area contributed by atoms with E-state index in [4.69, 9.17) is 23.2 Å². The van der Waals surface area contributed by atoms with Crippen LogP contribution in [0.15, 0.2) is 36.4 Å². The summed E-state index contributed by atoms with van der Waals surface area (Å²) in [7, 11) is 1.27. The van der Waals surface area contributed by atoms with E-state index in [1.165, 1.54) is 36.3 Å². The molecule has 158 valence electrons. The van der Waals surface area contributed by atoms with Gasteiger partial charge in [-0.25, -0.2) is 13.6 Å². The summed E-state index contributed by atoms with van der Waals surface area (Å²) in [4.78, 5) is 25.3. The van der Waals surface area contributed by atoms with E-state index in [-0.39, 0.29) is 28.3 Å². The van der Waals surface area contributed by atoms with E-state index in [0.29, 0.717) is 36.2 Å². The smallest absolute Gasteiger partial charge is 0.330 e. The molecule has 1 aliphatic heterocycles. The summed E-state index contributed by atoms with van der Waals surface area (Å²) in [5.74, 6) is -1.91. The molecule has 0 bridgehead atoms. The zero-order chi connectivity index (χ0) is 21.8. The maximum atomic E-state index is 14.0. The average molecular weight is 454 g/mol. The van der Waals surface area contributed by atoms with Crippen LogP contribution < -0.4 is 4.90 Å². The van der Waals surface area contributed by atoms with Crippen LogP contribution in [-0.2, 0) is 20.7 Å². The molecule has 0 saturated carbocycles. The number of benzene rings is 2. The van der Waals surface area contributed by atoms with E-state index in [2.05, 4.69) is 4.74 Å². The van der Waals surface area contributed by atoms with Gasteiger partial charge in [-0.3, -0.25) is 4.79 Å². The van der Waals surface area contributed by atoms with Gasteiger partial charge in [-0.15, -0.1) is 0 Å². The summed E-state index contributed by atoms with van der Waals surface area (Å²) < 4.78 is 31.7. The van der Waals surface area contributed by atoms with Crippen molar-refractivity contribution in [3.63, 3.8) is 0 Å². The maximum absolute atomic E-state index is 14.0. The van der Waals surface area contributed by atoms with Crippen molar-refractivity contribution in [2.45, 2.75) is 19.3 Å². The zero-order valence-electron chi connectivity index (χ0n) is 16.1. The van der Waals surface area contributed by atoms with Gasteiger partial charge in [-0.2, -0.15) is 0 Å². The molecule has 3 rings (SSSR count). The molecule has 1 fully saturated rings. The number of carbonyl (C=O) groups excluding carboxylic acids is 2. The molecule has 1 unspecified atom stereocenters. The Kier molecular flexibility index (Phi) is 7.10. The standard InChI is InChI=1S/C22H19Cl2F2NO3/c1-30-21(29)7-3-13-9-17(23)22(18(24)10-13)27-12-14(2-6-20(27)28)8-15-4-5-16(25)11-19(15)26/h3-5,7,9-11,14H,2,6,8,12H2,1H3/b7-3+. The van der Waals surface area contributed by atoms with E-state index in [0.717, 1.165) is 6.07 Å². The molecule has 2 aromatic rings. The average Bonchev–Trinajstić information content (AvgIpc) is 2.70. The fraction of sp³-hybridized carbons (Fsp3) is 0.273. The van der Waals surface area contributed by atoms with Crippen molar-refractivity contribution >= 4 is 46.8 Å². The number of nitrogens with zero attached hydrogens (tertiary/aromatic N) is 1. The highest BCUT2D eigenvalue weighted by molar-refractivity contribution is 6.40. The minimum Gasteiger partial charge on any atom is -0.466 e. The fourth-order valence-electron chi connectivity index (χ4n) is 3.47. The summed E-state index contributed by atoms with van der Waals surface area (Å²) in [6.07, 6.45) is 3.96. The van der Waals surface area contributed by atoms with Crippen LogP contribution >= 0.6 is 23.2 Å². The molecule has 1 saturated heterocycles. The molecule has 2 aromatic carbocycles. The third-order valence-corrected chi connectivity index (χ3v) is 5.53. The first kappa shape index (κ1) is 22.2. The summed E-state index contributed by atoms with van der Waals surface area (Å²) in [5, 5.41) is 0.517. The molecule has 0 radical (unpaired) electrons. The third-order valence-electron chi connectivity index (χ3n) is 4.95. The minimum atomic E-state index is -0.628. The fourth-order valence-corrected chi connectivity index (χ4v) is 4.17. The van der Waals surface area contributed by atoms with Crippen molar-refractivity contribution in [2.24, 2.45) is 5.92 Å². The van der Waals surface area contributed by atoms with Crippen LogP contribution in [0.1, 0.15) is 24.0 Å². The zero-order valence-corrected chi connectivity index (χ0v) is 17.6. The summed E-state index contributed by atoms with van der Waals surface area (Å²) in [6.45, 7) is 0.312. The van der Waals surface area contributed by atoms with Crippen LogP contribution in [0.2, 0.25) is 10.0 Å². The Balaban J connectivity index is 1.82. The first-order valence-electron chi connectivity index (χ1n) is 9.28. The molecule has 1 amide bonds. The topological polar surface area (TPSA) is 46.6 Å². The van der Waals surface area contributed by atoms with E-state index in [1.807, 2.05) is 0 Å². The van der Waals surface area contributed by atoms with Gasteiger partial charge in [0.15, 0.2) is 0 Å². The minimum absolute atomic E-state index is 0.0336. The van der Waals surface area contributed by atoms with Gasteiger partial charge in [0.25, 0.3) is 0 Å². The number of esters is 1. The van der Waals surface area contributed by atoms with Gasteiger partial charge in [0.1, 0.15) is 11.6 Å². The summed E-state index contributed by atoms with van der Waals surface area (Å²) >= 11 is 12.8. The number of ether oxygens (including phenoxy) is 1. The maximum Gasteiger partial charge on any atom is 0.330 e. The van der Waals surface area contributed by atoms with Gasteiger partial charge >= 0.3 is 5.97 Å². The lowest BCUT2D eigenvalue weighted by molar-refractivity contribution is -0.134. The first-order valence-corrected chi connectivity index (χ1v) is 10.0. The molecule has 0 aliphatic carbocycles. The Morgan fingerprint density at radius 1 is 1.23 bits per heavy atom. The van der Waals surface area contributed by atoms with Crippen LogP contribution in [0.25, 0.3) is 6.08 Å². The second-order valence-electron chi connectivity index (χ2n) is 7.04. The van der Waals surface area contributed by atoms with Gasteiger partial charge in [-0.1, -0.05) is 29.3 Å². The van der Waals surface area contributed by atoms with Crippen LogP contribution in [0.3, 0.4) is 0 Å². The predicted octanol–water partition coefficient (Wildman–Crippen LogP) is 5.44. The Labute approximate surface area is 183 Å². The lowest BCUT2D eigenvalue weighted by Crippen LogP contribution is -2.41. The Hall–Kier alpha value is -2.44. The molecule has 1 heterocycles. The van der Waals surface area contributed by atoms with Crippen LogP contribution in [0.4, 0.5) is 14.5 Å². The van der Waals surface area contributed by atoms with E-state index in [1.54, 1.807) is 12.1 Å². The van der Waals surface area contributed by atoms with Crippen molar-refractivity contribution in [1.29, 1.82) is 0 Å². The highest BCUT2D eigenvalue weighted by Crippen LogP contribution is 2.38. The Morgan fingerprint density at radius 3 is 2.57 bits per heavy atom. The molecule has 0 spiro atoms. The van der Waals surface area contributed by atoms with E-state index in [9.17, 15) is 18.4 Å². The van der Waals surface area contributed by atoms with E-state index < -0.39 is 17.6 Å². The van der Waals surface area contributed by atoms with Crippen LogP contribution in [-0.4, -0.2) is 25.5 Å². The second-order valence-corrected chi connectivity index (χ2v) is 7.85. The van der Waals surface area contributed by atoms with E-state index >= 15 is 0 Å². The van der Waals surface area contributed by atoms with Crippen LogP contribution in [0.5, 0.6) is 0 Å². The van der Waals surface area contributed by atoms with Crippen molar-refractivity contribution in [2.75, 3.05) is 18.6 Å². The second kappa shape index (κ2) is 9.58. The number of halogens is 4. The van der Waals surface area contributed by atoms with Gasteiger partial charge in [0.05, 0.1) is 22.8 Å². The van der Waals surface area contributed by atoms with Crippen molar-refractivity contribution in [3.05, 3.63) is 69.2 Å².